The Labute approximate surface area is 125 Å². The van der Waals surface area contributed by atoms with Crippen LogP contribution in [-0.4, -0.2) is 13.6 Å². The molecule has 0 aromatic heterocycles. The van der Waals surface area contributed by atoms with Crippen LogP contribution in [0.3, 0.4) is 0 Å². The first kappa shape index (κ1) is 15.0. The van der Waals surface area contributed by atoms with E-state index in [4.69, 9.17) is 16.3 Å². The quantitative estimate of drug-likeness (QED) is 0.863. The van der Waals surface area contributed by atoms with Crippen LogP contribution in [-0.2, 0) is 11.3 Å². The van der Waals surface area contributed by atoms with E-state index >= 15 is 0 Å². The van der Waals surface area contributed by atoms with Crippen molar-refractivity contribution in [1.82, 2.24) is 5.32 Å². The lowest BCUT2D eigenvalue weighted by Gasteiger charge is -2.18. The monoisotopic (exact) mass is 289 g/mol. The molecule has 0 bridgehead atoms. The smallest absolute Gasteiger partial charge is 0.0953 e. The third kappa shape index (κ3) is 4.34. The molecule has 2 aromatic carbocycles. The summed E-state index contributed by atoms with van der Waals surface area (Å²) in [5, 5.41) is 3.93. The summed E-state index contributed by atoms with van der Waals surface area (Å²) in [6.07, 6.45) is 0.0521. The van der Waals surface area contributed by atoms with E-state index in [-0.39, 0.29) is 6.10 Å². The molecule has 0 amide bonds. The summed E-state index contributed by atoms with van der Waals surface area (Å²) in [5.74, 6) is 0. The van der Waals surface area contributed by atoms with Gasteiger partial charge in [0.2, 0.25) is 0 Å². The minimum atomic E-state index is 0.0521. The highest BCUT2D eigenvalue weighted by atomic mass is 35.5. The molecular formula is C17H20ClNO. The lowest BCUT2D eigenvalue weighted by Crippen LogP contribution is -2.19. The van der Waals surface area contributed by atoms with E-state index in [1.54, 1.807) is 0 Å². The summed E-state index contributed by atoms with van der Waals surface area (Å²) in [5.41, 5.74) is 3.58. The first-order valence-electron chi connectivity index (χ1n) is 6.76. The second-order valence-corrected chi connectivity index (χ2v) is 5.33. The number of benzene rings is 2. The van der Waals surface area contributed by atoms with Crippen LogP contribution in [0.2, 0.25) is 5.02 Å². The third-order valence-electron chi connectivity index (χ3n) is 3.20. The van der Waals surface area contributed by atoms with Crippen molar-refractivity contribution in [2.45, 2.75) is 19.6 Å². The van der Waals surface area contributed by atoms with Crippen molar-refractivity contribution in [3.05, 3.63) is 70.2 Å². The van der Waals surface area contributed by atoms with E-state index in [9.17, 15) is 0 Å². The Morgan fingerprint density at radius 2 is 1.70 bits per heavy atom. The summed E-state index contributed by atoms with van der Waals surface area (Å²) in [4.78, 5) is 0. The Bertz CT molecular complexity index is 522. The second-order valence-electron chi connectivity index (χ2n) is 4.89. The minimum Gasteiger partial charge on any atom is -0.368 e. The first-order chi connectivity index (χ1) is 9.69. The molecule has 0 aliphatic heterocycles. The average Bonchev–Trinajstić information content (AvgIpc) is 2.46. The van der Waals surface area contributed by atoms with E-state index in [0.29, 0.717) is 6.61 Å². The molecule has 106 valence electrons. The van der Waals surface area contributed by atoms with Crippen molar-refractivity contribution in [2.24, 2.45) is 0 Å². The van der Waals surface area contributed by atoms with E-state index in [0.717, 1.165) is 17.1 Å². The lowest BCUT2D eigenvalue weighted by atomic mass is 10.1. The number of rotatable bonds is 6. The molecule has 2 aromatic rings. The van der Waals surface area contributed by atoms with Crippen LogP contribution in [0.15, 0.2) is 48.5 Å². The van der Waals surface area contributed by atoms with Crippen LogP contribution in [0.1, 0.15) is 22.8 Å². The van der Waals surface area contributed by atoms with Crippen molar-refractivity contribution in [1.29, 1.82) is 0 Å². The standard InChI is InChI=1S/C17H20ClNO/c1-13-3-7-15(8-4-13)17(11-19-2)20-12-14-5-9-16(18)10-6-14/h3-10,17,19H,11-12H2,1-2H3. The van der Waals surface area contributed by atoms with Gasteiger partial charge in [-0.2, -0.15) is 0 Å². The van der Waals surface area contributed by atoms with Gasteiger partial charge in [0.15, 0.2) is 0 Å². The number of halogens is 1. The van der Waals surface area contributed by atoms with Crippen LogP contribution in [0.25, 0.3) is 0 Å². The molecular weight excluding hydrogens is 270 g/mol. The summed E-state index contributed by atoms with van der Waals surface area (Å²) in [7, 11) is 1.94. The Kier molecular flexibility index (Phi) is 5.60. The molecule has 0 aliphatic carbocycles. The van der Waals surface area contributed by atoms with E-state index in [1.165, 1.54) is 11.1 Å². The maximum absolute atomic E-state index is 6.03. The summed E-state index contributed by atoms with van der Waals surface area (Å²) in [6, 6.07) is 16.2. The van der Waals surface area contributed by atoms with Gasteiger partial charge in [-0.05, 0) is 37.2 Å². The highest BCUT2D eigenvalue weighted by Crippen LogP contribution is 2.20. The molecule has 0 radical (unpaired) electrons. The van der Waals surface area contributed by atoms with Crippen LogP contribution in [0.5, 0.6) is 0 Å². The second kappa shape index (κ2) is 7.44. The Morgan fingerprint density at radius 3 is 2.30 bits per heavy atom. The predicted molar refractivity (Wildman–Crippen MR) is 84.1 cm³/mol. The molecule has 0 heterocycles. The summed E-state index contributed by atoms with van der Waals surface area (Å²) < 4.78 is 6.03. The number of aryl methyl sites for hydroxylation is 1. The number of hydrogen-bond acceptors (Lipinski definition) is 2. The number of hydrogen-bond donors (Lipinski definition) is 1. The van der Waals surface area contributed by atoms with E-state index in [2.05, 4.69) is 36.5 Å². The van der Waals surface area contributed by atoms with Crippen molar-refractivity contribution in [3.8, 4) is 0 Å². The van der Waals surface area contributed by atoms with Crippen molar-refractivity contribution in [3.63, 3.8) is 0 Å². The molecule has 0 aliphatic rings. The molecule has 2 nitrogen and oxygen atoms in total. The molecule has 0 saturated carbocycles. The van der Waals surface area contributed by atoms with Crippen LogP contribution < -0.4 is 5.32 Å². The molecule has 3 heteroatoms. The van der Waals surface area contributed by atoms with Crippen LogP contribution >= 0.6 is 11.6 Å². The molecule has 1 unspecified atom stereocenters. The van der Waals surface area contributed by atoms with E-state index < -0.39 is 0 Å². The van der Waals surface area contributed by atoms with Gasteiger partial charge < -0.3 is 10.1 Å². The number of nitrogens with one attached hydrogen (secondary N) is 1. The van der Waals surface area contributed by atoms with Crippen molar-refractivity contribution in [2.75, 3.05) is 13.6 Å². The first-order valence-corrected chi connectivity index (χ1v) is 7.14. The molecule has 0 fully saturated rings. The van der Waals surface area contributed by atoms with Gasteiger partial charge in [0.1, 0.15) is 0 Å². The average molecular weight is 290 g/mol. The van der Waals surface area contributed by atoms with Crippen molar-refractivity contribution < 1.29 is 4.74 Å². The highest BCUT2D eigenvalue weighted by Gasteiger charge is 2.11. The normalized spacial score (nSPS) is 12.3. The van der Waals surface area contributed by atoms with Gasteiger partial charge in [-0.3, -0.25) is 0 Å². The topological polar surface area (TPSA) is 21.3 Å². The zero-order chi connectivity index (χ0) is 14.4. The minimum absolute atomic E-state index is 0.0521. The van der Waals surface area contributed by atoms with Crippen LogP contribution in [0, 0.1) is 6.92 Å². The van der Waals surface area contributed by atoms with Gasteiger partial charge in [-0.15, -0.1) is 0 Å². The fourth-order valence-corrected chi connectivity index (χ4v) is 2.14. The lowest BCUT2D eigenvalue weighted by molar-refractivity contribution is 0.0410. The number of likely N-dealkylation sites (N-methyl/N-ethyl adjacent to an activating group) is 1. The van der Waals surface area contributed by atoms with Gasteiger partial charge in [0.25, 0.3) is 0 Å². The zero-order valence-electron chi connectivity index (χ0n) is 11.9. The fourth-order valence-electron chi connectivity index (χ4n) is 2.02. The third-order valence-corrected chi connectivity index (χ3v) is 3.46. The molecule has 2 rings (SSSR count). The Hall–Kier alpha value is -1.35. The van der Waals surface area contributed by atoms with Gasteiger partial charge in [-0.1, -0.05) is 53.6 Å². The maximum atomic E-state index is 6.03. The zero-order valence-corrected chi connectivity index (χ0v) is 12.7. The van der Waals surface area contributed by atoms with Gasteiger partial charge in [-0.25, -0.2) is 0 Å². The molecule has 0 saturated heterocycles. The van der Waals surface area contributed by atoms with Crippen LogP contribution in [0.4, 0.5) is 0 Å². The molecule has 1 N–H and O–H groups in total. The number of ether oxygens (including phenoxy) is 1. The van der Waals surface area contributed by atoms with E-state index in [1.807, 2.05) is 31.3 Å². The summed E-state index contributed by atoms with van der Waals surface area (Å²) in [6.45, 7) is 3.46. The Morgan fingerprint density at radius 1 is 1.05 bits per heavy atom. The largest absolute Gasteiger partial charge is 0.368 e. The van der Waals surface area contributed by atoms with Crippen molar-refractivity contribution >= 4 is 11.6 Å². The molecule has 0 spiro atoms. The SMILES string of the molecule is CNCC(OCc1ccc(Cl)cc1)c1ccc(C)cc1. The van der Waals surface area contributed by atoms with Gasteiger partial charge >= 0.3 is 0 Å². The maximum Gasteiger partial charge on any atom is 0.0953 e. The molecule has 20 heavy (non-hydrogen) atoms. The van der Waals surface area contributed by atoms with Gasteiger partial charge in [0.05, 0.1) is 12.7 Å². The predicted octanol–water partition coefficient (Wildman–Crippen LogP) is 4.13. The summed E-state index contributed by atoms with van der Waals surface area (Å²) >= 11 is 5.88. The highest BCUT2D eigenvalue weighted by molar-refractivity contribution is 6.30. The van der Waals surface area contributed by atoms with Gasteiger partial charge in [0, 0.05) is 11.6 Å². The fraction of sp³-hybridized carbons (Fsp3) is 0.294. The molecule has 1 atom stereocenters. The Balaban J connectivity index is 2.02.